The number of carbonyl (C=O) groups is 3. The molecule has 2 saturated heterocycles. The minimum absolute atomic E-state index is 0.0593. The van der Waals surface area contributed by atoms with Crippen molar-refractivity contribution in [2.24, 2.45) is 0 Å². The minimum atomic E-state index is -0.511. The Morgan fingerprint density at radius 1 is 1.42 bits per heavy atom. The van der Waals surface area contributed by atoms with Gasteiger partial charge in [0.05, 0.1) is 13.2 Å². The first kappa shape index (κ1) is 13.8. The van der Waals surface area contributed by atoms with Gasteiger partial charge in [0.15, 0.2) is 0 Å². The van der Waals surface area contributed by atoms with E-state index in [4.69, 9.17) is 4.74 Å². The number of ether oxygens (including phenoxy) is 2. The molecule has 2 aliphatic rings. The molecule has 0 N–H and O–H groups in total. The Morgan fingerprint density at radius 2 is 2.16 bits per heavy atom. The predicted molar refractivity (Wildman–Crippen MR) is 65.5 cm³/mol. The van der Waals surface area contributed by atoms with E-state index in [1.165, 1.54) is 7.11 Å². The summed E-state index contributed by atoms with van der Waals surface area (Å²) in [5.41, 5.74) is 0. The molecule has 0 aromatic heterocycles. The summed E-state index contributed by atoms with van der Waals surface area (Å²) in [6.07, 6.45) is 2.17. The van der Waals surface area contributed by atoms with Gasteiger partial charge < -0.3 is 9.47 Å². The van der Waals surface area contributed by atoms with Gasteiger partial charge in [0.2, 0.25) is 0 Å². The number of amides is 1. The van der Waals surface area contributed by atoms with Crippen LogP contribution in [0.2, 0.25) is 0 Å². The molecule has 2 rings (SSSR count). The second kappa shape index (κ2) is 5.59. The van der Waals surface area contributed by atoms with E-state index in [2.05, 4.69) is 4.74 Å². The molecule has 6 heteroatoms. The molecule has 2 fully saturated rings. The maximum Gasteiger partial charge on any atom is 0.410 e. The molecule has 6 nitrogen and oxygen atoms in total. The van der Waals surface area contributed by atoms with Gasteiger partial charge in [-0.2, -0.15) is 0 Å². The van der Waals surface area contributed by atoms with E-state index in [9.17, 15) is 14.4 Å². The molecular weight excluding hydrogens is 250 g/mol. The summed E-state index contributed by atoms with van der Waals surface area (Å²) in [5, 5.41) is 0. The van der Waals surface area contributed by atoms with Crippen LogP contribution in [0.25, 0.3) is 0 Å². The van der Waals surface area contributed by atoms with Crippen LogP contribution >= 0.6 is 0 Å². The first-order chi connectivity index (χ1) is 9.02. The number of hydrogen-bond donors (Lipinski definition) is 0. The quantitative estimate of drug-likeness (QED) is 0.555. The zero-order valence-electron chi connectivity index (χ0n) is 11.3. The van der Waals surface area contributed by atoms with Crippen molar-refractivity contribution in [1.29, 1.82) is 0 Å². The van der Waals surface area contributed by atoms with Crippen molar-refractivity contribution in [3.8, 4) is 0 Å². The number of nitrogens with zero attached hydrogens (tertiary/aromatic N) is 1. The first-order valence-electron chi connectivity index (χ1n) is 6.60. The number of carbonyl (C=O) groups excluding carboxylic acids is 3. The summed E-state index contributed by atoms with van der Waals surface area (Å²) < 4.78 is 9.62. The van der Waals surface area contributed by atoms with Gasteiger partial charge in [0, 0.05) is 12.5 Å². The molecule has 0 unspecified atom stereocenters. The van der Waals surface area contributed by atoms with Crippen LogP contribution in [0.4, 0.5) is 4.79 Å². The van der Waals surface area contributed by atoms with E-state index in [0.717, 1.165) is 12.8 Å². The summed E-state index contributed by atoms with van der Waals surface area (Å²) in [4.78, 5) is 36.0. The minimum Gasteiger partial charge on any atom is -0.469 e. The Bertz CT molecular complexity index is 394. The third kappa shape index (κ3) is 2.88. The lowest BCUT2D eigenvalue weighted by molar-refractivity contribution is -0.143. The van der Waals surface area contributed by atoms with Crippen LogP contribution in [0, 0.1) is 0 Å². The van der Waals surface area contributed by atoms with Crippen molar-refractivity contribution in [1.82, 2.24) is 4.90 Å². The maximum atomic E-state index is 11.7. The van der Waals surface area contributed by atoms with Gasteiger partial charge in [-0.1, -0.05) is 0 Å². The summed E-state index contributed by atoms with van der Waals surface area (Å²) in [5.74, 6) is -0.653. The van der Waals surface area contributed by atoms with Crippen LogP contribution in [-0.2, 0) is 19.1 Å². The normalized spacial score (nSPS) is 29.1. The van der Waals surface area contributed by atoms with Crippen LogP contribution < -0.4 is 0 Å². The van der Waals surface area contributed by atoms with Gasteiger partial charge in [0.1, 0.15) is 18.3 Å². The zero-order valence-corrected chi connectivity index (χ0v) is 11.3. The average molecular weight is 269 g/mol. The highest BCUT2D eigenvalue weighted by molar-refractivity contribution is 5.95. The van der Waals surface area contributed by atoms with E-state index in [1.54, 1.807) is 4.90 Å². The van der Waals surface area contributed by atoms with Crippen molar-refractivity contribution >= 4 is 17.8 Å². The van der Waals surface area contributed by atoms with E-state index in [-0.39, 0.29) is 36.5 Å². The molecule has 19 heavy (non-hydrogen) atoms. The summed E-state index contributed by atoms with van der Waals surface area (Å²) >= 11 is 0. The molecule has 3 atom stereocenters. The number of fused-ring (bicyclic) bond motifs is 1. The van der Waals surface area contributed by atoms with E-state index in [1.807, 2.05) is 6.92 Å². The third-order valence-corrected chi connectivity index (χ3v) is 3.91. The zero-order chi connectivity index (χ0) is 14.0. The molecule has 0 radical (unpaired) electrons. The molecule has 0 saturated carbocycles. The average Bonchev–Trinajstić information content (AvgIpc) is 2.90. The number of cyclic esters (lactones) is 1. The highest BCUT2D eigenvalue weighted by Crippen LogP contribution is 2.35. The Kier molecular flexibility index (Phi) is 4.07. The van der Waals surface area contributed by atoms with Crippen LogP contribution in [0.15, 0.2) is 0 Å². The lowest BCUT2D eigenvalue weighted by Gasteiger charge is -2.21. The van der Waals surface area contributed by atoms with Gasteiger partial charge in [-0.3, -0.25) is 14.5 Å². The number of esters is 1. The highest BCUT2D eigenvalue weighted by Gasteiger charge is 2.47. The standard InChI is InChI=1S/C13H19NO5/c1-8-11-6-4-9(14(11)13(17)19-8)3-5-10(15)7-12(16)18-2/h8-9,11H,3-7H2,1-2H3/t8-,9-,11-/m0/s1. The number of rotatable bonds is 5. The molecule has 0 bridgehead atoms. The van der Waals surface area contributed by atoms with Crippen molar-refractivity contribution in [2.45, 2.75) is 57.2 Å². The Morgan fingerprint density at radius 3 is 2.84 bits per heavy atom. The summed E-state index contributed by atoms with van der Waals surface area (Å²) in [7, 11) is 1.26. The van der Waals surface area contributed by atoms with Crippen molar-refractivity contribution in [3.05, 3.63) is 0 Å². The van der Waals surface area contributed by atoms with E-state index >= 15 is 0 Å². The van der Waals surface area contributed by atoms with Crippen LogP contribution in [-0.4, -0.2) is 48.0 Å². The van der Waals surface area contributed by atoms with Gasteiger partial charge in [0.25, 0.3) is 0 Å². The number of ketones is 1. The number of hydrogen-bond acceptors (Lipinski definition) is 5. The van der Waals surface area contributed by atoms with Crippen molar-refractivity contribution in [3.63, 3.8) is 0 Å². The number of methoxy groups -OCH3 is 1. The van der Waals surface area contributed by atoms with Gasteiger partial charge in [-0.05, 0) is 26.2 Å². The predicted octanol–water partition coefficient (Wildman–Crippen LogP) is 1.27. The lowest BCUT2D eigenvalue weighted by Crippen LogP contribution is -2.36. The van der Waals surface area contributed by atoms with Crippen molar-refractivity contribution < 1.29 is 23.9 Å². The fraction of sp³-hybridized carbons (Fsp3) is 0.769. The SMILES string of the molecule is COC(=O)CC(=O)CC[C@H]1CC[C@H]2[C@H](C)OC(=O)N12. The maximum absolute atomic E-state index is 11.7. The Balaban J connectivity index is 1.82. The molecule has 0 aromatic rings. The topological polar surface area (TPSA) is 72.9 Å². The second-order valence-corrected chi connectivity index (χ2v) is 5.12. The van der Waals surface area contributed by atoms with Gasteiger partial charge >= 0.3 is 12.1 Å². The summed E-state index contributed by atoms with van der Waals surface area (Å²) in [6.45, 7) is 1.90. The fourth-order valence-corrected chi connectivity index (χ4v) is 2.89. The Labute approximate surface area is 112 Å². The highest BCUT2D eigenvalue weighted by atomic mass is 16.6. The third-order valence-electron chi connectivity index (χ3n) is 3.91. The monoisotopic (exact) mass is 269 g/mol. The molecule has 0 aliphatic carbocycles. The molecule has 0 spiro atoms. The smallest absolute Gasteiger partial charge is 0.410 e. The lowest BCUT2D eigenvalue weighted by atomic mass is 10.0. The van der Waals surface area contributed by atoms with Gasteiger partial charge in [-0.15, -0.1) is 0 Å². The van der Waals surface area contributed by atoms with E-state index < -0.39 is 5.97 Å². The number of Topliss-reactive ketones (excluding diaryl/α,β-unsaturated/α-hetero) is 1. The molecular formula is C13H19NO5. The molecule has 2 heterocycles. The molecule has 2 aliphatic heterocycles. The van der Waals surface area contributed by atoms with Crippen molar-refractivity contribution in [2.75, 3.05) is 7.11 Å². The first-order valence-corrected chi connectivity index (χ1v) is 6.60. The molecule has 0 aromatic carbocycles. The second-order valence-electron chi connectivity index (χ2n) is 5.12. The largest absolute Gasteiger partial charge is 0.469 e. The van der Waals surface area contributed by atoms with Crippen LogP contribution in [0.5, 0.6) is 0 Å². The molecule has 1 amide bonds. The van der Waals surface area contributed by atoms with Gasteiger partial charge in [-0.25, -0.2) is 4.79 Å². The fourth-order valence-electron chi connectivity index (χ4n) is 2.89. The molecule has 106 valence electrons. The van der Waals surface area contributed by atoms with E-state index in [0.29, 0.717) is 12.8 Å². The van der Waals surface area contributed by atoms with Crippen LogP contribution in [0.3, 0.4) is 0 Å². The summed E-state index contributed by atoms with van der Waals surface area (Å²) in [6, 6.07) is 0.206. The Hall–Kier alpha value is -1.59. The van der Waals surface area contributed by atoms with Crippen LogP contribution in [0.1, 0.15) is 39.0 Å².